The van der Waals surface area contributed by atoms with Crippen molar-refractivity contribution in [3.05, 3.63) is 29.3 Å². The van der Waals surface area contributed by atoms with Gasteiger partial charge in [-0.2, -0.15) is 0 Å². The molecular formula is C16H24N2S. The Kier molecular flexibility index (Phi) is 4.46. The van der Waals surface area contributed by atoms with Gasteiger partial charge in [0.05, 0.1) is 0 Å². The number of anilines is 1. The van der Waals surface area contributed by atoms with Crippen molar-refractivity contribution in [2.75, 3.05) is 11.9 Å². The maximum atomic E-state index is 5.86. The Hall–Kier alpha value is -1.09. The first-order valence-electron chi connectivity index (χ1n) is 7.12. The number of rotatable bonds is 3. The summed E-state index contributed by atoms with van der Waals surface area (Å²) in [5.41, 5.74) is 9.31. The van der Waals surface area contributed by atoms with Gasteiger partial charge in [-0.25, -0.2) is 0 Å². The molecule has 1 aliphatic rings. The lowest BCUT2D eigenvalue weighted by Gasteiger charge is -2.36. The van der Waals surface area contributed by atoms with Crippen molar-refractivity contribution in [3.8, 4) is 0 Å². The van der Waals surface area contributed by atoms with Crippen LogP contribution in [-0.4, -0.2) is 18.1 Å². The minimum Gasteiger partial charge on any atom is -0.389 e. The third-order valence-corrected chi connectivity index (χ3v) is 4.48. The lowest BCUT2D eigenvalue weighted by atomic mass is 9.86. The first-order valence-corrected chi connectivity index (χ1v) is 7.53. The molecule has 1 aromatic carbocycles. The van der Waals surface area contributed by atoms with Crippen LogP contribution in [0.5, 0.6) is 0 Å². The molecule has 0 spiro atoms. The minimum atomic E-state index is 0.491. The molecule has 1 aromatic rings. The first kappa shape index (κ1) is 14.3. The quantitative estimate of drug-likeness (QED) is 0.855. The van der Waals surface area contributed by atoms with Crippen LogP contribution >= 0.6 is 12.2 Å². The predicted molar refractivity (Wildman–Crippen MR) is 86.9 cm³/mol. The Balaban J connectivity index is 2.29. The summed E-state index contributed by atoms with van der Waals surface area (Å²) >= 11 is 5.19. The second-order valence-corrected chi connectivity index (χ2v) is 6.36. The van der Waals surface area contributed by atoms with Gasteiger partial charge in [0, 0.05) is 24.3 Å². The third-order valence-electron chi connectivity index (χ3n) is 4.26. The van der Waals surface area contributed by atoms with Crippen LogP contribution in [0, 0.1) is 12.8 Å². The molecule has 1 aliphatic carbocycles. The molecule has 19 heavy (non-hydrogen) atoms. The third kappa shape index (κ3) is 3.27. The summed E-state index contributed by atoms with van der Waals surface area (Å²) in [6.07, 6.45) is 5.22. The summed E-state index contributed by atoms with van der Waals surface area (Å²) < 4.78 is 0. The van der Waals surface area contributed by atoms with Gasteiger partial charge in [0.2, 0.25) is 0 Å². The Morgan fingerprint density at radius 1 is 1.37 bits per heavy atom. The summed E-state index contributed by atoms with van der Waals surface area (Å²) in [5, 5.41) is 0. The standard InChI is InChI=1S/C16H24N2S/c1-11-5-4-6-13(9-11)18(3)15-10-12(2)7-8-14(15)16(17)19/h7-8,10-11,13H,4-6,9H2,1-3H3,(H2,17,19). The van der Waals surface area contributed by atoms with Crippen LogP contribution in [0.4, 0.5) is 5.69 Å². The second-order valence-electron chi connectivity index (χ2n) is 5.92. The van der Waals surface area contributed by atoms with Crippen LogP contribution in [-0.2, 0) is 0 Å². The van der Waals surface area contributed by atoms with Crippen LogP contribution in [0.2, 0.25) is 0 Å². The van der Waals surface area contributed by atoms with Crippen molar-refractivity contribution in [2.24, 2.45) is 11.7 Å². The molecule has 2 nitrogen and oxygen atoms in total. The molecule has 2 rings (SSSR count). The van der Waals surface area contributed by atoms with E-state index < -0.39 is 0 Å². The normalized spacial score (nSPS) is 23.1. The molecule has 2 N–H and O–H groups in total. The van der Waals surface area contributed by atoms with E-state index in [9.17, 15) is 0 Å². The van der Waals surface area contributed by atoms with Gasteiger partial charge < -0.3 is 10.6 Å². The highest BCUT2D eigenvalue weighted by atomic mass is 32.1. The molecule has 0 saturated heterocycles. The van der Waals surface area contributed by atoms with Crippen molar-refractivity contribution in [1.29, 1.82) is 0 Å². The van der Waals surface area contributed by atoms with Crippen molar-refractivity contribution in [2.45, 2.75) is 45.6 Å². The van der Waals surface area contributed by atoms with Gasteiger partial charge in [-0.15, -0.1) is 0 Å². The van der Waals surface area contributed by atoms with E-state index in [0.717, 1.165) is 11.5 Å². The number of aryl methyl sites for hydroxylation is 1. The molecule has 0 heterocycles. The van der Waals surface area contributed by atoms with Gasteiger partial charge in [-0.1, -0.05) is 38.0 Å². The molecule has 0 radical (unpaired) electrons. The molecule has 104 valence electrons. The second kappa shape index (κ2) is 5.91. The highest BCUT2D eigenvalue weighted by Crippen LogP contribution is 2.31. The van der Waals surface area contributed by atoms with E-state index in [0.29, 0.717) is 11.0 Å². The summed E-state index contributed by atoms with van der Waals surface area (Å²) in [7, 11) is 2.18. The van der Waals surface area contributed by atoms with Gasteiger partial charge >= 0.3 is 0 Å². The molecule has 0 bridgehead atoms. The van der Waals surface area contributed by atoms with Crippen molar-refractivity contribution in [3.63, 3.8) is 0 Å². The smallest absolute Gasteiger partial charge is 0.106 e. The molecule has 1 saturated carbocycles. The van der Waals surface area contributed by atoms with Crippen LogP contribution in [0.15, 0.2) is 18.2 Å². The van der Waals surface area contributed by atoms with Gasteiger partial charge in [0.1, 0.15) is 4.99 Å². The molecule has 0 aromatic heterocycles. The van der Waals surface area contributed by atoms with Gasteiger partial charge in [0.25, 0.3) is 0 Å². The lowest BCUT2D eigenvalue weighted by molar-refractivity contribution is 0.336. The lowest BCUT2D eigenvalue weighted by Crippen LogP contribution is -2.36. The van der Waals surface area contributed by atoms with E-state index in [1.54, 1.807) is 0 Å². The van der Waals surface area contributed by atoms with Gasteiger partial charge in [-0.05, 0) is 43.4 Å². The Labute approximate surface area is 122 Å². The van der Waals surface area contributed by atoms with Crippen LogP contribution in [0.25, 0.3) is 0 Å². The molecule has 1 fully saturated rings. The monoisotopic (exact) mass is 276 g/mol. The number of hydrogen-bond donors (Lipinski definition) is 1. The van der Waals surface area contributed by atoms with Crippen molar-refractivity contribution in [1.82, 2.24) is 0 Å². The Morgan fingerprint density at radius 2 is 2.11 bits per heavy atom. The average molecular weight is 276 g/mol. The van der Waals surface area contributed by atoms with Crippen LogP contribution < -0.4 is 10.6 Å². The molecule has 3 heteroatoms. The summed E-state index contributed by atoms with van der Waals surface area (Å²) in [6.45, 7) is 4.47. The highest BCUT2D eigenvalue weighted by Gasteiger charge is 2.24. The van der Waals surface area contributed by atoms with Crippen molar-refractivity contribution < 1.29 is 0 Å². The predicted octanol–water partition coefficient (Wildman–Crippen LogP) is 3.64. The fraction of sp³-hybridized carbons (Fsp3) is 0.562. The number of benzene rings is 1. The molecule has 0 aliphatic heterocycles. The Morgan fingerprint density at radius 3 is 2.74 bits per heavy atom. The zero-order valence-corrected chi connectivity index (χ0v) is 13.0. The van der Waals surface area contributed by atoms with Crippen LogP contribution in [0.1, 0.15) is 43.7 Å². The highest BCUT2D eigenvalue weighted by molar-refractivity contribution is 7.80. The first-order chi connectivity index (χ1) is 8.99. The van der Waals surface area contributed by atoms with E-state index in [4.69, 9.17) is 18.0 Å². The molecule has 0 amide bonds. The van der Waals surface area contributed by atoms with Crippen LogP contribution in [0.3, 0.4) is 0 Å². The zero-order chi connectivity index (χ0) is 14.0. The fourth-order valence-corrected chi connectivity index (χ4v) is 3.27. The summed E-state index contributed by atoms with van der Waals surface area (Å²) in [5.74, 6) is 0.819. The average Bonchev–Trinajstić information content (AvgIpc) is 2.37. The summed E-state index contributed by atoms with van der Waals surface area (Å²) in [6, 6.07) is 6.94. The largest absolute Gasteiger partial charge is 0.389 e. The number of nitrogens with two attached hydrogens (primary N) is 1. The molecule has 2 unspecified atom stereocenters. The SMILES string of the molecule is Cc1ccc(C(N)=S)c(N(C)C2CCCC(C)C2)c1. The maximum Gasteiger partial charge on any atom is 0.106 e. The van der Waals surface area contributed by atoms with E-state index >= 15 is 0 Å². The summed E-state index contributed by atoms with van der Waals surface area (Å²) in [4.78, 5) is 2.88. The fourth-order valence-electron chi connectivity index (χ4n) is 3.09. The van der Waals surface area contributed by atoms with E-state index in [1.807, 2.05) is 0 Å². The molecule has 2 atom stereocenters. The Bertz CT molecular complexity index is 470. The van der Waals surface area contributed by atoms with E-state index in [-0.39, 0.29) is 0 Å². The number of nitrogens with zero attached hydrogens (tertiary/aromatic N) is 1. The van der Waals surface area contributed by atoms with E-state index in [1.165, 1.54) is 36.9 Å². The minimum absolute atomic E-state index is 0.491. The van der Waals surface area contributed by atoms with Gasteiger partial charge in [-0.3, -0.25) is 0 Å². The molecular weight excluding hydrogens is 252 g/mol. The van der Waals surface area contributed by atoms with E-state index in [2.05, 4.69) is 44.0 Å². The maximum absolute atomic E-state index is 5.86. The topological polar surface area (TPSA) is 29.3 Å². The number of hydrogen-bond acceptors (Lipinski definition) is 2. The van der Waals surface area contributed by atoms with Gasteiger partial charge in [0.15, 0.2) is 0 Å². The zero-order valence-electron chi connectivity index (χ0n) is 12.1. The number of thiocarbonyl (C=S) groups is 1. The van der Waals surface area contributed by atoms with Crippen molar-refractivity contribution >= 4 is 22.9 Å².